The maximum absolute atomic E-state index is 6.81. The van der Waals surface area contributed by atoms with Crippen molar-refractivity contribution < 1.29 is 8.83 Å². The van der Waals surface area contributed by atoms with E-state index in [1.807, 2.05) is 0 Å². The van der Waals surface area contributed by atoms with Gasteiger partial charge in [0.2, 0.25) is 0 Å². The van der Waals surface area contributed by atoms with Gasteiger partial charge in [-0.3, -0.25) is 4.57 Å². The molecular formula is C84H58Cl2N6O2. The Hall–Kier alpha value is -10.6. The minimum absolute atomic E-state index is 0.105. The van der Waals surface area contributed by atoms with Crippen LogP contribution in [0.2, 0.25) is 10.2 Å². The maximum Gasteiger partial charge on any atom is 0.197 e. The van der Waals surface area contributed by atoms with Crippen LogP contribution in [0, 0.1) is 0 Å². The van der Waals surface area contributed by atoms with Gasteiger partial charge < -0.3 is 13.4 Å². The van der Waals surface area contributed by atoms with Gasteiger partial charge in [-0.25, -0.2) is 19.9 Å². The fraction of sp³-hybridized carbons (Fsp3) is 0.119. The molecule has 8 nitrogen and oxygen atoms in total. The monoisotopic (exact) mass is 1250 g/mol. The third kappa shape index (κ3) is 7.69. The number of aromatic nitrogens is 6. The van der Waals surface area contributed by atoms with Crippen LogP contribution in [0.3, 0.4) is 0 Å². The molecule has 0 spiro atoms. The molecule has 0 radical (unpaired) electrons. The Balaban J connectivity index is 0.000000137. The predicted octanol–water partition coefficient (Wildman–Crippen LogP) is 22.4. The zero-order valence-electron chi connectivity index (χ0n) is 52.4. The molecule has 10 heteroatoms. The van der Waals surface area contributed by atoms with E-state index >= 15 is 0 Å². The number of halogens is 2. The first kappa shape index (κ1) is 55.0. The van der Waals surface area contributed by atoms with Crippen molar-refractivity contribution in [2.45, 2.75) is 64.2 Å². The minimum Gasteiger partial charge on any atom is -0.451 e. The summed E-state index contributed by atoms with van der Waals surface area (Å²) < 4.78 is 17.0. The lowest BCUT2D eigenvalue weighted by Crippen LogP contribution is -2.15. The van der Waals surface area contributed by atoms with Crippen LogP contribution in [-0.4, -0.2) is 29.1 Å². The van der Waals surface area contributed by atoms with E-state index in [-0.39, 0.29) is 16.2 Å². The molecule has 0 amide bonds. The normalized spacial score (nSPS) is 14.6. The number of para-hydroxylation sites is 2. The Kier molecular flexibility index (Phi) is 11.5. The van der Waals surface area contributed by atoms with Gasteiger partial charge in [0.15, 0.2) is 22.1 Å². The zero-order valence-corrected chi connectivity index (χ0v) is 53.9. The third-order valence-electron chi connectivity index (χ3n) is 21.1. The highest BCUT2D eigenvalue weighted by Gasteiger charge is 2.40. The fourth-order valence-corrected chi connectivity index (χ4v) is 16.9. The van der Waals surface area contributed by atoms with Crippen LogP contribution >= 0.6 is 23.2 Å². The van der Waals surface area contributed by atoms with Crippen molar-refractivity contribution in [1.29, 1.82) is 0 Å². The average molecular weight is 1250 g/mol. The molecular weight excluding hydrogens is 1200 g/mol. The van der Waals surface area contributed by atoms with Crippen LogP contribution < -0.4 is 0 Å². The van der Waals surface area contributed by atoms with Crippen molar-refractivity contribution in [3.05, 3.63) is 286 Å². The predicted molar refractivity (Wildman–Crippen MR) is 385 cm³/mol. The zero-order chi connectivity index (χ0) is 63.3. The molecule has 0 fully saturated rings. The number of rotatable bonds is 2. The number of furan rings is 2. The van der Waals surface area contributed by atoms with Gasteiger partial charge in [0, 0.05) is 59.3 Å². The largest absolute Gasteiger partial charge is 0.451 e. The van der Waals surface area contributed by atoms with Crippen LogP contribution in [0.1, 0.15) is 86.1 Å². The van der Waals surface area contributed by atoms with E-state index in [0.717, 1.165) is 50.8 Å². The summed E-state index contributed by atoms with van der Waals surface area (Å²) in [7, 11) is 0. The molecule has 6 heterocycles. The molecule has 17 aromatic rings. The Morgan fingerprint density at radius 3 is 1.45 bits per heavy atom. The van der Waals surface area contributed by atoms with Gasteiger partial charge in [0.1, 0.15) is 34.9 Å². The van der Waals surface area contributed by atoms with E-state index < -0.39 is 0 Å². The summed E-state index contributed by atoms with van der Waals surface area (Å²) in [6.45, 7) is 14.1. The molecule has 450 valence electrons. The molecule has 0 atom stereocenters. The van der Waals surface area contributed by atoms with Gasteiger partial charge in [-0.15, -0.1) is 0 Å². The molecule has 21 rings (SSSR count). The second-order valence-corrected chi connectivity index (χ2v) is 28.0. The molecule has 0 unspecified atom stereocenters. The fourth-order valence-electron chi connectivity index (χ4n) is 16.5. The molecule has 0 saturated carbocycles. The van der Waals surface area contributed by atoms with Crippen molar-refractivity contribution in [3.8, 4) is 56.0 Å². The van der Waals surface area contributed by atoms with E-state index in [1.54, 1.807) is 24.5 Å². The van der Waals surface area contributed by atoms with Crippen molar-refractivity contribution >= 4 is 111 Å². The van der Waals surface area contributed by atoms with E-state index in [2.05, 4.69) is 261 Å². The molecule has 0 saturated heterocycles. The standard InChI is InChI=1S/C52H36N4O.C22H18.C10H4Cl2N2O/c1-51(2)39-17-9-5-13-30(39)34-24-36-32-15-7-11-19-43(32)55(45(36)26-41(34)51)29-21-22-47-38(23-29)48-49(57-47)50(54-28-53-48)56-44-20-12-8-16-33(44)37-25-35-31-14-6-10-18-40(31)52(3,4)42(35)27-46(37)56;1-22(2)20-10-6-5-9-17(20)19-13-18-15(12-21(19)22)11-14-7-3-4-8-16(14)18;11-5-1-2-7-6(3-5)8-9(15-7)10(12)14-4-13-8/h5-28H,1-4H3;3-10,12-13H,11H2,1-2H3;1-4H. The molecule has 4 aliphatic rings. The van der Waals surface area contributed by atoms with Crippen LogP contribution in [0.4, 0.5) is 0 Å². The Morgan fingerprint density at radius 2 is 0.819 bits per heavy atom. The quantitative estimate of drug-likeness (QED) is 0.160. The van der Waals surface area contributed by atoms with Gasteiger partial charge in [-0.1, -0.05) is 204 Å². The summed E-state index contributed by atoms with van der Waals surface area (Å²) in [6.07, 6.45) is 4.17. The Morgan fingerprint density at radius 1 is 0.340 bits per heavy atom. The summed E-state index contributed by atoms with van der Waals surface area (Å²) >= 11 is 11.8. The number of nitrogens with zero attached hydrogens (tertiary/aromatic N) is 6. The van der Waals surface area contributed by atoms with Crippen molar-refractivity contribution in [1.82, 2.24) is 29.1 Å². The van der Waals surface area contributed by atoms with Gasteiger partial charge in [0.05, 0.1) is 22.1 Å². The second kappa shape index (κ2) is 19.7. The molecule has 94 heavy (non-hydrogen) atoms. The Bertz CT molecular complexity index is 6170. The minimum atomic E-state index is -0.134. The maximum atomic E-state index is 6.81. The second-order valence-electron chi connectivity index (χ2n) is 27.2. The summed E-state index contributed by atoms with van der Waals surface area (Å²) in [6, 6.07) is 79.2. The SMILES string of the molecule is CC1(C)c2ccccc2-c2cc3c(cc21)Cc1ccccc1-3.CC1(C)c2ccccc2-c2cc3c4ccccc4n(-c4ccc5oc6c(-n7c8ccccc8c8cc9c(cc87)C(C)(C)c7ccccc7-9)ncnc6c5c4)c3cc21.Clc1ccc2oc3c(Cl)ncnc3c2c1. The van der Waals surface area contributed by atoms with Crippen LogP contribution in [0.25, 0.3) is 144 Å². The van der Waals surface area contributed by atoms with Gasteiger partial charge >= 0.3 is 0 Å². The van der Waals surface area contributed by atoms with E-state index in [4.69, 9.17) is 42.0 Å². The van der Waals surface area contributed by atoms with Crippen molar-refractivity contribution in [2.75, 3.05) is 0 Å². The lowest BCUT2D eigenvalue weighted by molar-refractivity contribution is 0.659. The van der Waals surface area contributed by atoms with E-state index in [9.17, 15) is 0 Å². The van der Waals surface area contributed by atoms with Crippen LogP contribution in [-0.2, 0) is 22.7 Å². The van der Waals surface area contributed by atoms with Gasteiger partial charge in [-0.05, 0) is 174 Å². The summed E-state index contributed by atoms with van der Waals surface area (Å²) in [5.41, 5.74) is 32.0. The summed E-state index contributed by atoms with van der Waals surface area (Å²) in [5, 5.41) is 7.64. The first-order valence-electron chi connectivity index (χ1n) is 32.1. The lowest BCUT2D eigenvalue weighted by atomic mass is 9.81. The Labute approximate surface area is 551 Å². The molecule has 4 aliphatic carbocycles. The van der Waals surface area contributed by atoms with E-state index in [1.165, 1.54) is 128 Å². The topological polar surface area (TPSA) is 87.7 Å². The van der Waals surface area contributed by atoms with Gasteiger partial charge in [-0.2, -0.15) is 0 Å². The van der Waals surface area contributed by atoms with Crippen LogP contribution in [0.5, 0.6) is 0 Å². The highest BCUT2D eigenvalue weighted by molar-refractivity contribution is 6.35. The number of fused-ring (bicyclic) bond motifs is 24. The van der Waals surface area contributed by atoms with Crippen LogP contribution in [0.15, 0.2) is 240 Å². The number of benzene rings is 11. The summed E-state index contributed by atoms with van der Waals surface area (Å²) in [5.74, 6) is 0.742. The molecule has 0 N–H and O–H groups in total. The number of hydrogen-bond acceptors (Lipinski definition) is 6. The first-order valence-corrected chi connectivity index (χ1v) is 32.8. The lowest BCUT2D eigenvalue weighted by Gasteiger charge is -2.22. The highest BCUT2D eigenvalue weighted by atomic mass is 35.5. The summed E-state index contributed by atoms with van der Waals surface area (Å²) in [4.78, 5) is 17.9. The average Bonchev–Trinajstić information content (AvgIpc) is 1.56. The first-order chi connectivity index (χ1) is 45.7. The third-order valence-corrected chi connectivity index (χ3v) is 21.6. The highest BCUT2D eigenvalue weighted by Crippen LogP contribution is 2.55. The molecule has 0 aliphatic heterocycles. The molecule has 6 aromatic heterocycles. The number of hydrogen-bond donors (Lipinski definition) is 0. The molecule has 0 bridgehead atoms. The molecule has 11 aromatic carbocycles. The van der Waals surface area contributed by atoms with Crippen molar-refractivity contribution in [2.24, 2.45) is 0 Å². The van der Waals surface area contributed by atoms with E-state index in [0.29, 0.717) is 32.4 Å². The van der Waals surface area contributed by atoms with Crippen molar-refractivity contribution in [3.63, 3.8) is 0 Å². The smallest absolute Gasteiger partial charge is 0.197 e. The van der Waals surface area contributed by atoms with Gasteiger partial charge in [0.25, 0.3) is 0 Å².